The molecule has 0 aliphatic carbocycles. The number of nitrogens with zero attached hydrogens (tertiary/aromatic N) is 4. The van der Waals surface area contributed by atoms with Crippen molar-refractivity contribution in [1.82, 2.24) is 20.2 Å². The first-order chi connectivity index (χ1) is 15.0. The van der Waals surface area contributed by atoms with Crippen LogP contribution in [0.1, 0.15) is 12.7 Å². The zero-order valence-corrected chi connectivity index (χ0v) is 17.0. The number of hydrogen-bond acceptors (Lipinski definition) is 5. The van der Waals surface area contributed by atoms with Crippen LogP contribution in [0.3, 0.4) is 0 Å². The maximum Gasteiger partial charge on any atom is 0.265 e. The second-order valence-electron chi connectivity index (χ2n) is 6.94. The van der Waals surface area contributed by atoms with Gasteiger partial charge in [0.1, 0.15) is 11.6 Å². The van der Waals surface area contributed by atoms with Crippen molar-refractivity contribution in [3.8, 4) is 22.6 Å². The fraction of sp³-hybridized carbons (Fsp3) is 0.130. The van der Waals surface area contributed by atoms with Crippen molar-refractivity contribution in [2.75, 3.05) is 5.32 Å². The molecule has 0 radical (unpaired) electrons. The van der Waals surface area contributed by atoms with Crippen LogP contribution >= 0.6 is 0 Å². The van der Waals surface area contributed by atoms with Gasteiger partial charge in [0.15, 0.2) is 11.9 Å². The number of tetrazole rings is 1. The number of ether oxygens (including phenoxy) is 1. The van der Waals surface area contributed by atoms with Crippen LogP contribution in [0.4, 0.5) is 10.1 Å². The SMILES string of the molecule is Cc1nnnn1-c1ccc(F)c(NC(=O)C(C)Oc2ccc(-c3ccccc3)cc2)c1. The quantitative estimate of drug-likeness (QED) is 0.509. The number of rotatable bonds is 6. The van der Waals surface area contributed by atoms with E-state index < -0.39 is 17.8 Å². The standard InChI is InChI=1S/C23H20FN5O2/c1-15(31-20-11-8-18(9-12-20)17-6-4-3-5-7-17)23(30)25-22-14-19(10-13-21(22)24)29-16(2)26-27-28-29/h3-15H,1-2H3,(H,25,30). The Labute approximate surface area is 178 Å². The molecule has 156 valence electrons. The molecule has 0 bridgehead atoms. The molecule has 7 nitrogen and oxygen atoms in total. The van der Waals surface area contributed by atoms with Crippen LogP contribution in [0.25, 0.3) is 16.8 Å². The highest BCUT2D eigenvalue weighted by molar-refractivity contribution is 5.94. The normalized spacial score (nSPS) is 11.7. The Hall–Kier alpha value is -4.07. The van der Waals surface area contributed by atoms with Crippen LogP contribution in [-0.4, -0.2) is 32.2 Å². The molecule has 0 aliphatic rings. The van der Waals surface area contributed by atoms with Gasteiger partial charge in [0, 0.05) is 0 Å². The molecule has 0 spiro atoms. The Morgan fingerprint density at radius 3 is 2.42 bits per heavy atom. The molecule has 1 amide bonds. The second-order valence-corrected chi connectivity index (χ2v) is 6.94. The summed E-state index contributed by atoms with van der Waals surface area (Å²) in [5, 5.41) is 13.8. The van der Waals surface area contributed by atoms with E-state index in [-0.39, 0.29) is 5.69 Å². The lowest BCUT2D eigenvalue weighted by Gasteiger charge is -2.16. The minimum absolute atomic E-state index is 0.0206. The molecule has 8 heteroatoms. The van der Waals surface area contributed by atoms with E-state index in [1.165, 1.54) is 22.9 Å². The van der Waals surface area contributed by atoms with E-state index >= 15 is 0 Å². The molecule has 1 unspecified atom stereocenters. The van der Waals surface area contributed by atoms with E-state index in [9.17, 15) is 9.18 Å². The van der Waals surface area contributed by atoms with Gasteiger partial charge in [-0.05, 0) is 65.7 Å². The molecular weight excluding hydrogens is 397 g/mol. The fourth-order valence-corrected chi connectivity index (χ4v) is 3.06. The molecule has 1 aromatic heterocycles. The van der Waals surface area contributed by atoms with Gasteiger partial charge in [-0.3, -0.25) is 4.79 Å². The lowest BCUT2D eigenvalue weighted by Crippen LogP contribution is -2.30. The summed E-state index contributed by atoms with van der Waals surface area (Å²) >= 11 is 0. The van der Waals surface area contributed by atoms with E-state index in [1.54, 1.807) is 26.0 Å². The number of halogens is 1. The average molecular weight is 417 g/mol. The van der Waals surface area contributed by atoms with Crippen LogP contribution in [-0.2, 0) is 4.79 Å². The summed E-state index contributed by atoms with van der Waals surface area (Å²) in [7, 11) is 0. The third kappa shape index (κ3) is 4.58. The smallest absolute Gasteiger partial charge is 0.265 e. The minimum Gasteiger partial charge on any atom is -0.481 e. The molecule has 0 aliphatic heterocycles. The molecule has 4 rings (SSSR count). The van der Waals surface area contributed by atoms with E-state index in [1.807, 2.05) is 42.5 Å². The Balaban J connectivity index is 1.44. The van der Waals surface area contributed by atoms with Crippen molar-refractivity contribution in [2.24, 2.45) is 0 Å². The predicted molar refractivity (Wildman–Crippen MR) is 114 cm³/mol. The van der Waals surface area contributed by atoms with Gasteiger partial charge in [-0.25, -0.2) is 4.39 Å². The van der Waals surface area contributed by atoms with E-state index in [0.717, 1.165) is 11.1 Å². The molecule has 0 saturated heterocycles. The van der Waals surface area contributed by atoms with Crippen LogP contribution in [0.15, 0.2) is 72.8 Å². The maximum atomic E-state index is 14.3. The van der Waals surface area contributed by atoms with Crippen LogP contribution in [0.5, 0.6) is 5.75 Å². The number of benzene rings is 3. The van der Waals surface area contributed by atoms with Gasteiger partial charge in [-0.15, -0.1) is 5.10 Å². The van der Waals surface area contributed by atoms with Gasteiger partial charge in [0.05, 0.1) is 11.4 Å². The molecule has 3 aromatic carbocycles. The maximum absolute atomic E-state index is 14.3. The Kier molecular flexibility index (Phi) is 5.70. The van der Waals surface area contributed by atoms with E-state index in [4.69, 9.17) is 4.74 Å². The largest absolute Gasteiger partial charge is 0.481 e. The summed E-state index contributed by atoms with van der Waals surface area (Å²) in [5.41, 5.74) is 2.69. The first kappa shape index (κ1) is 20.2. The van der Waals surface area contributed by atoms with Crippen molar-refractivity contribution in [1.29, 1.82) is 0 Å². The topological polar surface area (TPSA) is 81.9 Å². The van der Waals surface area contributed by atoms with Gasteiger partial charge in [0.2, 0.25) is 0 Å². The van der Waals surface area contributed by atoms with Crippen LogP contribution < -0.4 is 10.1 Å². The molecule has 4 aromatic rings. The summed E-state index contributed by atoms with van der Waals surface area (Å²) in [5.74, 6) is 0.0410. The van der Waals surface area contributed by atoms with Gasteiger partial charge >= 0.3 is 0 Å². The molecule has 0 fully saturated rings. The Morgan fingerprint density at radius 1 is 1.03 bits per heavy atom. The first-order valence-corrected chi connectivity index (χ1v) is 9.69. The highest BCUT2D eigenvalue weighted by Gasteiger charge is 2.18. The Bertz CT molecular complexity index is 1190. The predicted octanol–water partition coefficient (Wildman–Crippen LogP) is 4.18. The number of aryl methyl sites for hydroxylation is 1. The summed E-state index contributed by atoms with van der Waals surface area (Å²) in [6.45, 7) is 3.33. The average Bonchev–Trinajstić information content (AvgIpc) is 3.22. The zero-order chi connectivity index (χ0) is 21.8. The highest BCUT2D eigenvalue weighted by atomic mass is 19.1. The van der Waals surface area contributed by atoms with Crippen LogP contribution in [0, 0.1) is 12.7 Å². The summed E-state index contributed by atoms with van der Waals surface area (Å²) in [4.78, 5) is 12.6. The molecule has 31 heavy (non-hydrogen) atoms. The number of carbonyl (C=O) groups is 1. The van der Waals surface area contributed by atoms with Crippen molar-refractivity contribution >= 4 is 11.6 Å². The fourth-order valence-electron chi connectivity index (χ4n) is 3.06. The number of amides is 1. The summed E-state index contributed by atoms with van der Waals surface area (Å²) < 4.78 is 21.4. The highest BCUT2D eigenvalue weighted by Crippen LogP contribution is 2.23. The number of carbonyl (C=O) groups excluding carboxylic acids is 1. The lowest BCUT2D eigenvalue weighted by molar-refractivity contribution is -0.122. The third-order valence-corrected chi connectivity index (χ3v) is 4.72. The summed E-state index contributed by atoms with van der Waals surface area (Å²) in [6.07, 6.45) is -0.833. The van der Waals surface area contributed by atoms with E-state index in [0.29, 0.717) is 17.3 Å². The molecule has 1 N–H and O–H groups in total. The number of aromatic nitrogens is 4. The molecule has 1 heterocycles. The molecule has 0 saturated carbocycles. The minimum atomic E-state index is -0.833. The van der Waals surface area contributed by atoms with Crippen molar-refractivity contribution in [2.45, 2.75) is 20.0 Å². The number of anilines is 1. The van der Waals surface area contributed by atoms with E-state index in [2.05, 4.69) is 20.8 Å². The molecule has 1 atom stereocenters. The summed E-state index contributed by atoms with van der Waals surface area (Å²) in [6, 6.07) is 21.6. The lowest BCUT2D eigenvalue weighted by atomic mass is 10.1. The van der Waals surface area contributed by atoms with Crippen molar-refractivity contribution in [3.05, 3.63) is 84.4 Å². The number of hydrogen-bond donors (Lipinski definition) is 1. The zero-order valence-electron chi connectivity index (χ0n) is 17.0. The van der Waals surface area contributed by atoms with Crippen molar-refractivity contribution in [3.63, 3.8) is 0 Å². The van der Waals surface area contributed by atoms with Gasteiger partial charge in [-0.2, -0.15) is 4.68 Å². The number of nitrogens with one attached hydrogen (secondary N) is 1. The second kappa shape index (κ2) is 8.74. The van der Waals surface area contributed by atoms with Crippen LogP contribution in [0.2, 0.25) is 0 Å². The van der Waals surface area contributed by atoms with Gasteiger partial charge in [0.25, 0.3) is 5.91 Å². The first-order valence-electron chi connectivity index (χ1n) is 9.69. The van der Waals surface area contributed by atoms with Gasteiger partial charge in [-0.1, -0.05) is 42.5 Å². The monoisotopic (exact) mass is 417 g/mol. The van der Waals surface area contributed by atoms with Gasteiger partial charge < -0.3 is 10.1 Å². The molecular formula is C23H20FN5O2. The Morgan fingerprint density at radius 2 is 1.74 bits per heavy atom. The van der Waals surface area contributed by atoms with Crippen molar-refractivity contribution < 1.29 is 13.9 Å². The third-order valence-electron chi connectivity index (χ3n) is 4.72.